The average Bonchev–Trinajstić information content (AvgIpc) is 2.91. The molecule has 3 aromatic rings. The topological polar surface area (TPSA) is 68.0 Å². The Bertz CT molecular complexity index is 999. The summed E-state index contributed by atoms with van der Waals surface area (Å²) in [5.74, 6) is -0.475. The molecule has 9 heteroatoms. The maximum Gasteiger partial charge on any atom is 0.433 e. The predicted octanol–water partition coefficient (Wildman–Crippen LogP) is 5.18. The normalized spacial score (nSPS) is 11.7. The number of hydrogen-bond donors (Lipinski definition) is 2. The van der Waals surface area contributed by atoms with E-state index in [0.29, 0.717) is 16.6 Å². The summed E-state index contributed by atoms with van der Waals surface area (Å²) in [6.45, 7) is 1.52. The molecule has 0 aliphatic heterocycles. The number of amides is 1. The molecule has 3 rings (SSSR count). The second kappa shape index (κ2) is 6.81. The molecule has 0 spiro atoms. The van der Waals surface area contributed by atoms with Gasteiger partial charge in [0, 0.05) is 16.0 Å². The van der Waals surface area contributed by atoms with E-state index in [-0.39, 0.29) is 15.4 Å². The van der Waals surface area contributed by atoms with Crippen LogP contribution in [0.4, 0.5) is 24.5 Å². The van der Waals surface area contributed by atoms with Crippen LogP contribution in [0.5, 0.6) is 0 Å². The number of rotatable bonds is 3. The molecule has 136 valence electrons. The number of fused-ring (bicyclic) bond motifs is 1. The number of halogens is 3. The molecule has 0 fully saturated rings. The molecule has 26 heavy (non-hydrogen) atoms. The van der Waals surface area contributed by atoms with E-state index in [1.54, 1.807) is 18.2 Å². The zero-order valence-electron chi connectivity index (χ0n) is 13.8. The number of carbonyl (C=O) groups is 1. The molecule has 3 N–H and O–H groups in total. The SMILES string of the molecule is CSc1cccc(NC(=O)c2sc3nc(C(F)(F)F)cc(C)c3c2N)c1. The first-order chi connectivity index (χ1) is 12.2. The molecule has 0 saturated carbocycles. The van der Waals surface area contributed by atoms with Crippen molar-refractivity contribution in [2.75, 3.05) is 17.3 Å². The van der Waals surface area contributed by atoms with Crippen molar-refractivity contribution in [1.29, 1.82) is 0 Å². The number of benzene rings is 1. The first kappa shape index (κ1) is 18.5. The minimum Gasteiger partial charge on any atom is -0.397 e. The van der Waals surface area contributed by atoms with Crippen molar-refractivity contribution in [3.05, 3.63) is 46.5 Å². The van der Waals surface area contributed by atoms with Gasteiger partial charge in [0.25, 0.3) is 5.91 Å². The van der Waals surface area contributed by atoms with Crippen molar-refractivity contribution in [1.82, 2.24) is 4.98 Å². The van der Waals surface area contributed by atoms with E-state index in [1.165, 1.54) is 18.7 Å². The number of pyridine rings is 1. The highest BCUT2D eigenvalue weighted by Gasteiger charge is 2.34. The molecule has 1 aromatic carbocycles. The Balaban J connectivity index is 2.00. The van der Waals surface area contributed by atoms with Gasteiger partial charge in [0.2, 0.25) is 0 Å². The molecule has 0 aliphatic rings. The monoisotopic (exact) mass is 397 g/mol. The molecule has 0 unspecified atom stereocenters. The zero-order chi connectivity index (χ0) is 19.1. The number of hydrogen-bond acceptors (Lipinski definition) is 5. The van der Waals surface area contributed by atoms with E-state index in [4.69, 9.17) is 5.73 Å². The molecule has 0 atom stereocenters. The molecule has 0 aliphatic carbocycles. The Hall–Kier alpha value is -2.26. The van der Waals surface area contributed by atoms with Gasteiger partial charge in [0.05, 0.1) is 5.69 Å². The number of nitrogens with zero attached hydrogens (tertiary/aromatic N) is 1. The van der Waals surface area contributed by atoms with Crippen LogP contribution in [-0.2, 0) is 6.18 Å². The van der Waals surface area contributed by atoms with Gasteiger partial charge >= 0.3 is 6.18 Å². The van der Waals surface area contributed by atoms with Crippen LogP contribution in [-0.4, -0.2) is 17.1 Å². The first-order valence-corrected chi connectivity index (χ1v) is 9.47. The lowest BCUT2D eigenvalue weighted by Gasteiger charge is -2.07. The lowest BCUT2D eigenvalue weighted by atomic mass is 10.1. The molecular weight excluding hydrogens is 383 g/mol. The molecule has 0 bridgehead atoms. The number of alkyl halides is 3. The molecule has 1 amide bonds. The number of aryl methyl sites for hydroxylation is 1. The summed E-state index contributed by atoms with van der Waals surface area (Å²) >= 11 is 2.38. The fourth-order valence-corrected chi connectivity index (χ4v) is 4.04. The third kappa shape index (κ3) is 3.49. The highest BCUT2D eigenvalue weighted by molar-refractivity contribution is 7.98. The summed E-state index contributed by atoms with van der Waals surface area (Å²) in [5, 5.41) is 3.11. The molecule has 0 radical (unpaired) electrons. The van der Waals surface area contributed by atoms with Crippen molar-refractivity contribution in [3.8, 4) is 0 Å². The summed E-state index contributed by atoms with van der Waals surface area (Å²) < 4.78 is 38.9. The van der Waals surface area contributed by atoms with E-state index in [0.717, 1.165) is 22.3 Å². The van der Waals surface area contributed by atoms with Crippen LogP contribution < -0.4 is 11.1 Å². The number of nitrogens with one attached hydrogen (secondary N) is 1. The number of carbonyl (C=O) groups excluding carboxylic acids is 1. The molecule has 4 nitrogen and oxygen atoms in total. The van der Waals surface area contributed by atoms with Gasteiger partial charge in [-0.1, -0.05) is 6.07 Å². The number of nitrogen functional groups attached to an aromatic ring is 1. The van der Waals surface area contributed by atoms with Gasteiger partial charge in [-0.15, -0.1) is 23.1 Å². The summed E-state index contributed by atoms with van der Waals surface area (Å²) in [4.78, 5) is 17.4. The van der Waals surface area contributed by atoms with E-state index >= 15 is 0 Å². The van der Waals surface area contributed by atoms with E-state index in [9.17, 15) is 18.0 Å². The smallest absolute Gasteiger partial charge is 0.397 e. The first-order valence-electron chi connectivity index (χ1n) is 7.43. The van der Waals surface area contributed by atoms with Crippen LogP contribution in [0, 0.1) is 6.92 Å². The minimum atomic E-state index is -4.56. The average molecular weight is 397 g/mol. The van der Waals surface area contributed by atoms with Crippen LogP contribution in [0.2, 0.25) is 0 Å². The van der Waals surface area contributed by atoms with Crippen LogP contribution in [0.25, 0.3) is 10.2 Å². The molecule has 2 heterocycles. The highest BCUT2D eigenvalue weighted by atomic mass is 32.2. The molecular formula is C17H14F3N3OS2. The van der Waals surface area contributed by atoms with Gasteiger partial charge < -0.3 is 11.1 Å². The Kier molecular flexibility index (Phi) is 4.85. The largest absolute Gasteiger partial charge is 0.433 e. The maximum absolute atomic E-state index is 13.0. The van der Waals surface area contributed by atoms with Crippen LogP contribution in [0.1, 0.15) is 20.9 Å². The van der Waals surface area contributed by atoms with E-state index < -0.39 is 17.8 Å². The van der Waals surface area contributed by atoms with Crippen LogP contribution in [0.3, 0.4) is 0 Å². The number of anilines is 2. The van der Waals surface area contributed by atoms with Gasteiger partial charge in [-0.2, -0.15) is 13.2 Å². The fraction of sp³-hybridized carbons (Fsp3) is 0.176. The van der Waals surface area contributed by atoms with Gasteiger partial charge in [-0.25, -0.2) is 4.98 Å². The third-order valence-electron chi connectivity index (χ3n) is 3.72. The Morgan fingerprint density at radius 1 is 1.31 bits per heavy atom. The predicted molar refractivity (Wildman–Crippen MR) is 99.9 cm³/mol. The maximum atomic E-state index is 13.0. The zero-order valence-corrected chi connectivity index (χ0v) is 15.4. The number of aromatic nitrogens is 1. The van der Waals surface area contributed by atoms with Gasteiger partial charge in [0.1, 0.15) is 15.4 Å². The summed E-state index contributed by atoms with van der Waals surface area (Å²) in [7, 11) is 0. The number of thiophene rings is 1. The fourth-order valence-electron chi connectivity index (χ4n) is 2.51. The lowest BCUT2D eigenvalue weighted by Crippen LogP contribution is -2.12. The highest BCUT2D eigenvalue weighted by Crippen LogP contribution is 2.38. The van der Waals surface area contributed by atoms with Gasteiger partial charge in [-0.3, -0.25) is 4.79 Å². The van der Waals surface area contributed by atoms with Crippen molar-refractivity contribution in [2.24, 2.45) is 0 Å². The second-order valence-corrected chi connectivity index (χ2v) is 7.41. The van der Waals surface area contributed by atoms with Crippen molar-refractivity contribution in [3.63, 3.8) is 0 Å². The lowest BCUT2D eigenvalue weighted by molar-refractivity contribution is -0.141. The quantitative estimate of drug-likeness (QED) is 0.598. The minimum absolute atomic E-state index is 0.0952. The van der Waals surface area contributed by atoms with Crippen LogP contribution in [0.15, 0.2) is 35.2 Å². The summed E-state index contributed by atoms with van der Waals surface area (Å²) in [5.41, 5.74) is 6.09. The van der Waals surface area contributed by atoms with Gasteiger partial charge in [0.15, 0.2) is 0 Å². The second-order valence-electron chi connectivity index (χ2n) is 5.53. The molecule has 0 saturated heterocycles. The number of nitrogens with two attached hydrogens (primary N) is 1. The van der Waals surface area contributed by atoms with Crippen LogP contribution >= 0.6 is 23.1 Å². The van der Waals surface area contributed by atoms with E-state index in [2.05, 4.69) is 10.3 Å². The standard InChI is InChI=1S/C17H14F3N3OS2/c1-8-6-11(17(18,19)20)23-16-12(8)13(21)14(26-16)15(24)22-9-4-3-5-10(7-9)25-2/h3-7H,21H2,1-2H3,(H,22,24). The Morgan fingerprint density at radius 3 is 2.69 bits per heavy atom. The van der Waals surface area contributed by atoms with Crippen molar-refractivity contribution < 1.29 is 18.0 Å². The summed E-state index contributed by atoms with van der Waals surface area (Å²) in [6, 6.07) is 8.18. The van der Waals surface area contributed by atoms with E-state index in [1.807, 2.05) is 12.3 Å². The molecule has 2 aromatic heterocycles. The van der Waals surface area contributed by atoms with Crippen molar-refractivity contribution in [2.45, 2.75) is 18.0 Å². The Labute approximate surface area is 155 Å². The summed E-state index contributed by atoms with van der Waals surface area (Å²) in [6.07, 6.45) is -2.64. The third-order valence-corrected chi connectivity index (χ3v) is 5.54. The van der Waals surface area contributed by atoms with Crippen molar-refractivity contribution >= 4 is 50.6 Å². The number of thioether (sulfide) groups is 1. The van der Waals surface area contributed by atoms with Gasteiger partial charge in [-0.05, 0) is 43.0 Å². The Morgan fingerprint density at radius 2 is 2.04 bits per heavy atom.